The number of esters is 1. The maximum absolute atomic E-state index is 12.6. The number of amides is 1. The zero-order valence-corrected chi connectivity index (χ0v) is 20.1. The summed E-state index contributed by atoms with van der Waals surface area (Å²) >= 11 is 0. The first kappa shape index (κ1) is 24.7. The number of ether oxygens (including phenoxy) is 5. The molecular weight excluding hydrogens is 442 g/mol. The van der Waals surface area contributed by atoms with E-state index in [-0.39, 0.29) is 5.57 Å². The van der Waals surface area contributed by atoms with Crippen molar-refractivity contribution in [3.05, 3.63) is 58.9 Å². The molecule has 182 valence electrons. The lowest BCUT2D eigenvalue weighted by Gasteiger charge is -2.41. The molecule has 2 aromatic rings. The second-order valence-electron chi connectivity index (χ2n) is 7.27. The number of methoxy groups -OCH3 is 5. The van der Waals surface area contributed by atoms with E-state index in [1.807, 2.05) is 29.2 Å². The maximum Gasteiger partial charge on any atom is 0.347 e. The lowest BCUT2D eigenvalue weighted by Crippen LogP contribution is -2.56. The smallest absolute Gasteiger partial charge is 0.347 e. The molecule has 1 heterocycles. The number of carbonyl (C=O) groups is 2. The van der Waals surface area contributed by atoms with Gasteiger partial charge in [0.2, 0.25) is 0 Å². The Balaban J connectivity index is 2.10. The van der Waals surface area contributed by atoms with Crippen molar-refractivity contribution < 1.29 is 33.3 Å². The number of benzene rings is 2. The molecule has 10 heteroatoms. The van der Waals surface area contributed by atoms with Crippen LogP contribution in [-0.4, -0.2) is 64.4 Å². The van der Waals surface area contributed by atoms with E-state index in [1.54, 1.807) is 47.6 Å². The normalized spacial score (nSPS) is 12.8. The summed E-state index contributed by atoms with van der Waals surface area (Å²) in [6.45, 7) is 0.618. The third-order valence-electron chi connectivity index (χ3n) is 5.48. The minimum absolute atomic E-state index is 0.0446. The fourth-order valence-corrected chi connectivity index (χ4v) is 3.73. The molecule has 3 rings (SSSR count). The summed E-state index contributed by atoms with van der Waals surface area (Å²) in [5.74, 6) is 1.71. The molecule has 1 aliphatic heterocycles. The molecule has 0 aliphatic carbocycles. The van der Waals surface area contributed by atoms with Gasteiger partial charge >= 0.3 is 5.97 Å². The van der Waals surface area contributed by atoms with Crippen molar-refractivity contribution in [3.63, 3.8) is 0 Å². The highest BCUT2D eigenvalue weighted by Crippen LogP contribution is 2.35. The summed E-state index contributed by atoms with van der Waals surface area (Å²) in [5.41, 5.74) is 4.43. The highest BCUT2D eigenvalue weighted by molar-refractivity contribution is 6.21. The van der Waals surface area contributed by atoms with Gasteiger partial charge in [-0.2, -0.15) is 0 Å². The van der Waals surface area contributed by atoms with Crippen LogP contribution in [-0.2, 0) is 27.4 Å². The Bertz CT molecular complexity index is 1040. The summed E-state index contributed by atoms with van der Waals surface area (Å²) in [5, 5.41) is 1.30. The second-order valence-corrected chi connectivity index (χ2v) is 7.27. The third kappa shape index (κ3) is 4.72. The Morgan fingerprint density at radius 3 is 1.74 bits per heavy atom. The van der Waals surface area contributed by atoms with Crippen LogP contribution in [0.25, 0.3) is 0 Å². The van der Waals surface area contributed by atoms with Crippen molar-refractivity contribution in [2.45, 2.75) is 13.1 Å². The predicted molar refractivity (Wildman–Crippen MR) is 123 cm³/mol. The predicted octanol–water partition coefficient (Wildman–Crippen LogP) is 2.08. The molecule has 0 unspecified atom stereocenters. The zero-order valence-electron chi connectivity index (χ0n) is 20.1. The number of carbonyl (C=O) groups excluding carboxylic acids is 2. The van der Waals surface area contributed by atoms with Crippen LogP contribution in [0.15, 0.2) is 47.8 Å². The van der Waals surface area contributed by atoms with Gasteiger partial charge < -0.3 is 28.6 Å². The van der Waals surface area contributed by atoms with E-state index in [1.165, 1.54) is 12.1 Å². The summed E-state index contributed by atoms with van der Waals surface area (Å²) in [4.78, 5) is 26.9. The standard InChI is InChI=1S/C24H29N3O7/c1-25-27-22(21(23(27)28)24(29)34-6)26(13-15-7-9-17(30-2)11-19(15)32-4)14-16-8-10-18(31-3)12-20(16)33-5/h7-12,25H,13-14H2,1-6H3. The van der Waals surface area contributed by atoms with Crippen LogP contribution in [0.2, 0.25) is 0 Å². The van der Waals surface area contributed by atoms with Crippen molar-refractivity contribution in [2.75, 3.05) is 42.6 Å². The molecule has 34 heavy (non-hydrogen) atoms. The highest BCUT2D eigenvalue weighted by atomic mass is 16.5. The summed E-state index contributed by atoms with van der Waals surface area (Å²) in [6.07, 6.45) is 0. The minimum Gasteiger partial charge on any atom is -0.497 e. The van der Waals surface area contributed by atoms with Crippen LogP contribution in [0.4, 0.5) is 0 Å². The Morgan fingerprint density at radius 2 is 1.35 bits per heavy atom. The van der Waals surface area contributed by atoms with E-state index in [4.69, 9.17) is 23.7 Å². The van der Waals surface area contributed by atoms with Gasteiger partial charge in [-0.1, -0.05) is 0 Å². The Hall–Kier alpha value is -3.92. The van der Waals surface area contributed by atoms with Gasteiger partial charge in [0.1, 0.15) is 28.8 Å². The van der Waals surface area contributed by atoms with Crippen LogP contribution in [0.3, 0.4) is 0 Å². The van der Waals surface area contributed by atoms with Crippen molar-refractivity contribution >= 4 is 11.9 Å². The lowest BCUT2D eigenvalue weighted by atomic mass is 10.1. The molecule has 1 amide bonds. The van der Waals surface area contributed by atoms with E-state index in [9.17, 15) is 9.59 Å². The van der Waals surface area contributed by atoms with Crippen LogP contribution in [0.5, 0.6) is 23.0 Å². The highest BCUT2D eigenvalue weighted by Gasteiger charge is 2.44. The maximum atomic E-state index is 12.6. The summed E-state index contributed by atoms with van der Waals surface area (Å²) in [7, 11) is 9.14. The molecule has 0 atom stereocenters. The van der Waals surface area contributed by atoms with Gasteiger partial charge in [0.25, 0.3) is 5.91 Å². The monoisotopic (exact) mass is 471 g/mol. The molecule has 0 saturated carbocycles. The quantitative estimate of drug-likeness (QED) is 0.390. The Labute approximate surface area is 198 Å². The molecule has 1 aliphatic rings. The lowest BCUT2D eigenvalue weighted by molar-refractivity contribution is -0.145. The minimum atomic E-state index is -0.708. The van der Waals surface area contributed by atoms with Gasteiger partial charge in [-0.25, -0.2) is 15.2 Å². The molecule has 10 nitrogen and oxygen atoms in total. The summed E-state index contributed by atoms with van der Waals surface area (Å²) in [6, 6.07) is 10.9. The van der Waals surface area contributed by atoms with E-state index in [0.29, 0.717) is 41.9 Å². The zero-order chi connectivity index (χ0) is 24.8. The Morgan fingerprint density at radius 1 is 0.853 bits per heavy atom. The fourth-order valence-electron chi connectivity index (χ4n) is 3.73. The first-order valence-corrected chi connectivity index (χ1v) is 10.4. The van der Waals surface area contributed by atoms with Gasteiger partial charge in [-0.15, -0.1) is 0 Å². The van der Waals surface area contributed by atoms with Gasteiger partial charge in [-0.3, -0.25) is 4.79 Å². The number of rotatable bonds is 11. The molecule has 0 saturated heterocycles. The molecule has 0 bridgehead atoms. The second kappa shape index (κ2) is 10.8. The van der Waals surface area contributed by atoms with Gasteiger partial charge in [-0.05, 0) is 24.3 Å². The van der Waals surface area contributed by atoms with Crippen LogP contribution in [0, 0.1) is 0 Å². The fraction of sp³-hybridized carbons (Fsp3) is 0.333. The van der Waals surface area contributed by atoms with E-state index in [0.717, 1.165) is 11.1 Å². The number of hydrogen-bond donors (Lipinski definition) is 1. The van der Waals surface area contributed by atoms with E-state index in [2.05, 4.69) is 5.43 Å². The Kier molecular flexibility index (Phi) is 7.85. The van der Waals surface area contributed by atoms with Crippen LogP contribution in [0.1, 0.15) is 11.1 Å². The molecule has 0 aromatic heterocycles. The van der Waals surface area contributed by atoms with Gasteiger partial charge in [0.05, 0.1) is 35.5 Å². The molecule has 1 N–H and O–H groups in total. The summed E-state index contributed by atoms with van der Waals surface area (Å²) < 4.78 is 26.6. The van der Waals surface area contributed by atoms with E-state index < -0.39 is 11.9 Å². The SMILES string of the molecule is CNN1C(=O)C(C(=O)OC)=C1N(Cc1ccc(OC)cc1OC)Cc1ccc(OC)cc1OC. The average molecular weight is 472 g/mol. The molecule has 2 aromatic carbocycles. The molecular formula is C24H29N3O7. The number of hydrazine groups is 1. The van der Waals surface area contributed by atoms with Gasteiger partial charge in [0, 0.05) is 43.4 Å². The number of nitrogens with zero attached hydrogens (tertiary/aromatic N) is 2. The molecule has 0 radical (unpaired) electrons. The van der Waals surface area contributed by atoms with E-state index >= 15 is 0 Å². The van der Waals surface area contributed by atoms with Crippen molar-refractivity contribution in [3.8, 4) is 23.0 Å². The first-order chi connectivity index (χ1) is 16.4. The van der Waals surface area contributed by atoms with Crippen molar-refractivity contribution in [1.29, 1.82) is 0 Å². The molecule has 0 spiro atoms. The van der Waals surface area contributed by atoms with Crippen LogP contribution >= 0.6 is 0 Å². The number of nitrogens with one attached hydrogen (secondary N) is 1. The van der Waals surface area contributed by atoms with Gasteiger partial charge in [0.15, 0.2) is 5.57 Å². The number of hydrogen-bond acceptors (Lipinski definition) is 9. The molecule has 0 fully saturated rings. The average Bonchev–Trinajstić information content (AvgIpc) is 2.87. The topological polar surface area (TPSA) is 98.8 Å². The third-order valence-corrected chi connectivity index (χ3v) is 5.48. The van der Waals surface area contributed by atoms with Crippen molar-refractivity contribution in [1.82, 2.24) is 15.3 Å². The van der Waals surface area contributed by atoms with Crippen molar-refractivity contribution in [2.24, 2.45) is 0 Å². The largest absolute Gasteiger partial charge is 0.497 e. The first-order valence-electron chi connectivity index (χ1n) is 10.4. The van der Waals surface area contributed by atoms with Crippen LogP contribution < -0.4 is 24.4 Å².